The summed E-state index contributed by atoms with van der Waals surface area (Å²) in [5, 5.41) is 19.2. The predicted molar refractivity (Wildman–Crippen MR) is 63.2 cm³/mol. The lowest BCUT2D eigenvalue weighted by atomic mass is 10.2. The molecular formula is C9H11N3O6S. The third-order valence-electron chi connectivity index (χ3n) is 2.19. The van der Waals surface area contributed by atoms with Crippen molar-refractivity contribution in [2.24, 2.45) is 0 Å². The lowest BCUT2D eigenvalue weighted by Crippen LogP contribution is -2.23. The van der Waals surface area contributed by atoms with Crippen molar-refractivity contribution in [2.45, 2.75) is 4.90 Å². The molecule has 0 atom stereocenters. The van der Waals surface area contributed by atoms with Crippen molar-refractivity contribution in [1.82, 2.24) is 9.79 Å². The van der Waals surface area contributed by atoms with Gasteiger partial charge in [-0.3, -0.25) is 14.9 Å². The number of nitrogens with one attached hydrogen (secondary N) is 1. The molecule has 104 valence electrons. The third kappa shape index (κ3) is 3.24. The fraction of sp³-hybridized carbons (Fsp3) is 0.222. The van der Waals surface area contributed by atoms with Gasteiger partial charge in [0, 0.05) is 31.8 Å². The second kappa shape index (κ2) is 5.30. The molecule has 1 aromatic carbocycles. The van der Waals surface area contributed by atoms with Gasteiger partial charge in [0.25, 0.3) is 21.6 Å². The van der Waals surface area contributed by atoms with Crippen LogP contribution in [-0.2, 0) is 10.0 Å². The predicted octanol–water partition coefficient (Wildman–Crippen LogP) is -0.0359. The third-order valence-corrected chi connectivity index (χ3v) is 3.28. The molecule has 0 saturated heterocycles. The Balaban J connectivity index is 3.52. The normalized spacial score (nSPS) is 11.1. The summed E-state index contributed by atoms with van der Waals surface area (Å²) in [6.07, 6.45) is 0. The zero-order valence-corrected chi connectivity index (χ0v) is 10.8. The van der Waals surface area contributed by atoms with E-state index in [2.05, 4.69) is 0 Å². The maximum absolute atomic E-state index is 11.7. The minimum atomic E-state index is -4.31. The van der Waals surface area contributed by atoms with Crippen molar-refractivity contribution in [3.63, 3.8) is 0 Å². The molecular weight excluding hydrogens is 278 g/mol. The highest BCUT2D eigenvalue weighted by Gasteiger charge is 2.22. The number of hydrogen-bond acceptors (Lipinski definition) is 6. The van der Waals surface area contributed by atoms with E-state index < -0.39 is 31.4 Å². The number of carbonyl (C=O) groups excluding carboxylic acids is 1. The summed E-state index contributed by atoms with van der Waals surface area (Å²) in [4.78, 5) is 23.2. The molecule has 0 aliphatic rings. The van der Waals surface area contributed by atoms with Crippen LogP contribution in [0, 0.1) is 10.1 Å². The first-order valence-electron chi connectivity index (χ1n) is 4.86. The van der Waals surface area contributed by atoms with E-state index in [1.54, 1.807) is 0 Å². The molecule has 0 aliphatic heterocycles. The Bertz CT molecular complexity index is 625. The van der Waals surface area contributed by atoms with E-state index in [0.717, 1.165) is 28.0 Å². The lowest BCUT2D eigenvalue weighted by molar-refractivity contribution is -0.385. The lowest BCUT2D eigenvalue weighted by Gasteiger charge is -2.11. The minimum absolute atomic E-state index is 0.173. The Labute approximate surface area is 108 Å². The summed E-state index contributed by atoms with van der Waals surface area (Å²) in [5.74, 6) is -0.599. The van der Waals surface area contributed by atoms with Gasteiger partial charge in [-0.15, -0.1) is 0 Å². The molecule has 19 heavy (non-hydrogen) atoms. The van der Waals surface area contributed by atoms with E-state index in [9.17, 15) is 23.3 Å². The Kier molecular flexibility index (Phi) is 4.19. The molecule has 1 aromatic rings. The van der Waals surface area contributed by atoms with Gasteiger partial charge in [0.2, 0.25) is 0 Å². The number of hydrogen-bond donors (Lipinski definition) is 2. The summed E-state index contributed by atoms with van der Waals surface area (Å²) < 4.78 is 22.8. The summed E-state index contributed by atoms with van der Waals surface area (Å²) in [6, 6.07) is 2.64. The van der Waals surface area contributed by atoms with Gasteiger partial charge in [0.15, 0.2) is 0 Å². The van der Waals surface area contributed by atoms with Crippen LogP contribution in [0.15, 0.2) is 23.1 Å². The average molecular weight is 289 g/mol. The smallest absolute Gasteiger partial charge is 0.271 e. The van der Waals surface area contributed by atoms with Crippen LogP contribution in [0.4, 0.5) is 5.69 Å². The van der Waals surface area contributed by atoms with Crippen LogP contribution in [0.5, 0.6) is 0 Å². The fourth-order valence-electron chi connectivity index (χ4n) is 1.28. The first-order valence-corrected chi connectivity index (χ1v) is 6.34. The summed E-state index contributed by atoms with van der Waals surface area (Å²) >= 11 is 0. The van der Waals surface area contributed by atoms with Gasteiger partial charge in [-0.1, -0.05) is 4.89 Å². The van der Waals surface area contributed by atoms with Crippen LogP contribution in [0.25, 0.3) is 0 Å². The van der Waals surface area contributed by atoms with E-state index in [-0.39, 0.29) is 5.56 Å². The largest absolute Gasteiger partial charge is 0.345 e. The highest BCUT2D eigenvalue weighted by molar-refractivity contribution is 7.89. The molecule has 10 heteroatoms. The maximum Gasteiger partial charge on any atom is 0.271 e. The summed E-state index contributed by atoms with van der Waals surface area (Å²) in [6.45, 7) is 0. The molecule has 0 radical (unpaired) electrons. The van der Waals surface area contributed by atoms with E-state index in [1.807, 2.05) is 0 Å². The number of nitro groups is 1. The number of carbonyl (C=O) groups is 1. The standard InChI is InChI=1S/C9H11N3O6S/c1-11(2)9(13)6-3-7(12(15)16)5-8(4-6)19(17,18)10-14/h3-5,10,14H,1-2H3. The summed E-state index contributed by atoms with van der Waals surface area (Å²) in [7, 11) is -1.47. The topological polar surface area (TPSA) is 130 Å². The Morgan fingerprint density at radius 2 is 1.95 bits per heavy atom. The van der Waals surface area contributed by atoms with E-state index in [4.69, 9.17) is 5.21 Å². The molecule has 1 rings (SSSR count). The Hall–Kier alpha value is -2.04. The van der Waals surface area contributed by atoms with Gasteiger partial charge >= 0.3 is 0 Å². The number of rotatable bonds is 4. The fourth-order valence-corrected chi connectivity index (χ4v) is 1.94. The molecule has 1 amide bonds. The van der Waals surface area contributed by atoms with Gasteiger partial charge in [0.1, 0.15) is 0 Å². The van der Waals surface area contributed by atoms with E-state index >= 15 is 0 Å². The molecule has 2 N–H and O–H groups in total. The molecule has 0 unspecified atom stereocenters. The summed E-state index contributed by atoms with van der Waals surface area (Å²) in [5.41, 5.74) is -0.741. The van der Waals surface area contributed by atoms with Gasteiger partial charge in [0.05, 0.1) is 9.82 Å². The number of non-ortho nitro benzene ring substituents is 1. The van der Waals surface area contributed by atoms with E-state index in [0.29, 0.717) is 0 Å². The quantitative estimate of drug-likeness (QED) is 0.591. The maximum atomic E-state index is 11.7. The number of nitro benzene ring substituents is 1. The van der Waals surface area contributed by atoms with Crippen LogP contribution < -0.4 is 4.89 Å². The van der Waals surface area contributed by atoms with E-state index in [1.165, 1.54) is 14.1 Å². The first kappa shape index (κ1) is 15.0. The monoisotopic (exact) mass is 289 g/mol. The van der Waals surface area contributed by atoms with Crippen LogP contribution in [-0.4, -0.2) is 43.5 Å². The van der Waals surface area contributed by atoms with Crippen molar-refractivity contribution in [1.29, 1.82) is 0 Å². The van der Waals surface area contributed by atoms with Crippen LogP contribution in [0.1, 0.15) is 10.4 Å². The van der Waals surface area contributed by atoms with Crippen LogP contribution in [0.3, 0.4) is 0 Å². The highest BCUT2D eigenvalue weighted by Crippen LogP contribution is 2.21. The molecule has 9 nitrogen and oxygen atoms in total. The minimum Gasteiger partial charge on any atom is -0.345 e. The molecule has 0 spiro atoms. The SMILES string of the molecule is CN(C)C(=O)c1cc([N+](=O)[O-])cc(S(=O)(=O)NO)c1. The van der Waals surface area contributed by atoms with Crippen molar-refractivity contribution >= 4 is 21.6 Å². The van der Waals surface area contributed by atoms with Crippen LogP contribution in [0.2, 0.25) is 0 Å². The Morgan fingerprint density at radius 3 is 2.37 bits per heavy atom. The molecule has 0 fully saturated rings. The molecule has 0 heterocycles. The second-order valence-electron chi connectivity index (χ2n) is 3.77. The molecule has 0 saturated carbocycles. The molecule has 0 aliphatic carbocycles. The average Bonchev–Trinajstić information content (AvgIpc) is 2.36. The number of sulfonamides is 1. The van der Waals surface area contributed by atoms with Gasteiger partial charge in [-0.2, -0.15) is 0 Å². The number of nitrogens with zero attached hydrogens (tertiary/aromatic N) is 2. The zero-order chi connectivity index (χ0) is 14.8. The van der Waals surface area contributed by atoms with Gasteiger partial charge in [-0.05, 0) is 6.07 Å². The molecule has 0 aromatic heterocycles. The van der Waals surface area contributed by atoms with Gasteiger partial charge < -0.3 is 10.1 Å². The van der Waals surface area contributed by atoms with Gasteiger partial charge in [-0.25, -0.2) is 8.42 Å². The number of benzene rings is 1. The first-order chi connectivity index (χ1) is 8.69. The number of amides is 1. The van der Waals surface area contributed by atoms with Crippen molar-refractivity contribution in [3.05, 3.63) is 33.9 Å². The van der Waals surface area contributed by atoms with Crippen molar-refractivity contribution in [3.8, 4) is 0 Å². The second-order valence-corrected chi connectivity index (χ2v) is 5.43. The Morgan fingerprint density at radius 1 is 1.37 bits per heavy atom. The zero-order valence-electron chi connectivity index (χ0n) is 10.0. The molecule has 0 bridgehead atoms. The van der Waals surface area contributed by atoms with Crippen molar-refractivity contribution < 1.29 is 23.3 Å². The van der Waals surface area contributed by atoms with Crippen LogP contribution >= 0.6 is 0 Å². The van der Waals surface area contributed by atoms with Crippen molar-refractivity contribution in [2.75, 3.05) is 14.1 Å². The highest BCUT2D eigenvalue weighted by atomic mass is 32.2.